The van der Waals surface area contributed by atoms with Gasteiger partial charge in [-0.3, -0.25) is 14.9 Å². The van der Waals surface area contributed by atoms with E-state index in [2.05, 4.69) is 20.1 Å². The number of rotatable bonds is 5. The van der Waals surface area contributed by atoms with E-state index in [0.717, 1.165) is 0 Å². The normalized spacial score (nSPS) is 10.1. The van der Waals surface area contributed by atoms with Gasteiger partial charge in [-0.05, 0) is 5.10 Å². The standard InChI is InChI=1S/C12H12N4O3S/c1-19-10(17)3-6-16-5-2-9(8-14-16)11(18)15-12-13-4-7-20-12/h2,4-5,7-8H,3,6H2,1H3/p+1. The summed E-state index contributed by atoms with van der Waals surface area (Å²) in [5, 5.41) is 9.05. The number of anilines is 1. The maximum Gasteiger partial charge on any atom is 0.312 e. The molecule has 2 heterocycles. The molecule has 0 spiro atoms. The molecule has 0 aliphatic heterocycles. The Kier molecular flexibility index (Phi) is 4.72. The quantitative estimate of drug-likeness (QED) is 0.646. The van der Waals surface area contributed by atoms with Gasteiger partial charge in [0.25, 0.3) is 5.91 Å². The zero-order valence-electron chi connectivity index (χ0n) is 10.8. The van der Waals surface area contributed by atoms with E-state index in [1.54, 1.807) is 28.5 Å². The topological polar surface area (TPSA) is 85.1 Å². The van der Waals surface area contributed by atoms with Gasteiger partial charge < -0.3 is 4.74 Å². The lowest BCUT2D eigenvalue weighted by molar-refractivity contribution is -0.753. The third-order valence-corrected chi connectivity index (χ3v) is 3.15. The highest BCUT2D eigenvalue weighted by atomic mass is 32.1. The SMILES string of the molecule is COC(=O)CC[n+]1ccc(C(=O)Nc2nccs2)cn1. The first kappa shape index (κ1) is 14.1. The molecule has 20 heavy (non-hydrogen) atoms. The molecule has 0 aliphatic rings. The van der Waals surface area contributed by atoms with Crippen LogP contribution in [0.3, 0.4) is 0 Å². The van der Waals surface area contributed by atoms with Crippen LogP contribution in [0.4, 0.5) is 5.13 Å². The van der Waals surface area contributed by atoms with Crippen molar-refractivity contribution in [2.45, 2.75) is 13.0 Å². The summed E-state index contributed by atoms with van der Waals surface area (Å²) < 4.78 is 6.11. The van der Waals surface area contributed by atoms with Crippen LogP contribution in [0.25, 0.3) is 0 Å². The number of nitrogens with one attached hydrogen (secondary N) is 1. The number of nitrogens with zero attached hydrogens (tertiary/aromatic N) is 3. The van der Waals surface area contributed by atoms with Crippen LogP contribution in [0.15, 0.2) is 30.0 Å². The van der Waals surface area contributed by atoms with Crippen LogP contribution in [-0.4, -0.2) is 29.1 Å². The predicted octanol–water partition coefficient (Wildman–Crippen LogP) is 0.641. The van der Waals surface area contributed by atoms with Crippen LogP contribution < -0.4 is 10.00 Å². The second-order valence-electron chi connectivity index (χ2n) is 3.80. The molecule has 0 aromatic carbocycles. The van der Waals surface area contributed by atoms with Crippen LogP contribution >= 0.6 is 11.3 Å². The fraction of sp³-hybridized carbons (Fsp3) is 0.250. The van der Waals surface area contributed by atoms with Crippen molar-refractivity contribution in [1.29, 1.82) is 0 Å². The van der Waals surface area contributed by atoms with Crippen molar-refractivity contribution in [1.82, 2.24) is 10.1 Å². The number of ether oxygens (including phenoxy) is 1. The number of hydrogen-bond donors (Lipinski definition) is 1. The highest BCUT2D eigenvalue weighted by molar-refractivity contribution is 7.13. The minimum Gasteiger partial charge on any atom is -0.469 e. The van der Waals surface area contributed by atoms with Gasteiger partial charge in [0.2, 0.25) is 0 Å². The Hall–Kier alpha value is -2.35. The molecule has 0 unspecified atom stereocenters. The molecule has 1 amide bonds. The van der Waals surface area contributed by atoms with Gasteiger partial charge in [0, 0.05) is 17.6 Å². The smallest absolute Gasteiger partial charge is 0.312 e. The molecule has 0 atom stereocenters. The molecule has 0 aliphatic carbocycles. The molecule has 0 saturated carbocycles. The van der Waals surface area contributed by atoms with E-state index < -0.39 is 0 Å². The average Bonchev–Trinajstić information content (AvgIpc) is 2.98. The molecular weight excluding hydrogens is 280 g/mol. The van der Waals surface area contributed by atoms with Crippen LogP contribution in [0.1, 0.15) is 16.8 Å². The van der Waals surface area contributed by atoms with Gasteiger partial charge in [0.05, 0.1) is 12.7 Å². The van der Waals surface area contributed by atoms with E-state index >= 15 is 0 Å². The summed E-state index contributed by atoms with van der Waals surface area (Å²) in [4.78, 5) is 26.8. The third kappa shape index (κ3) is 3.82. The van der Waals surface area contributed by atoms with Gasteiger partial charge in [-0.15, -0.1) is 11.3 Å². The van der Waals surface area contributed by atoms with Gasteiger partial charge in [-0.2, -0.15) is 0 Å². The Morgan fingerprint density at radius 3 is 2.95 bits per heavy atom. The van der Waals surface area contributed by atoms with Crippen molar-refractivity contribution in [3.8, 4) is 0 Å². The zero-order valence-corrected chi connectivity index (χ0v) is 11.6. The monoisotopic (exact) mass is 293 g/mol. The largest absolute Gasteiger partial charge is 0.469 e. The summed E-state index contributed by atoms with van der Waals surface area (Å²) in [7, 11) is 1.34. The Labute approximate surface area is 119 Å². The lowest BCUT2D eigenvalue weighted by Crippen LogP contribution is -2.39. The van der Waals surface area contributed by atoms with Crippen molar-refractivity contribution < 1.29 is 19.0 Å². The number of carbonyl (C=O) groups excluding carboxylic acids is 2. The minimum absolute atomic E-state index is 0.235. The Balaban J connectivity index is 1.93. The molecule has 2 aromatic rings. The second-order valence-corrected chi connectivity index (χ2v) is 4.69. The number of hydrogen-bond acceptors (Lipinski definition) is 6. The number of amides is 1. The lowest BCUT2D eigenvalue weighted by Gasteiger charge is -2.00. The van der Waals surface area contributed by atoms with Gasteiger partial charge in [-0.25, -0.2) is 4.98 Å². The molecule has 104 valence electrons. The maximum absolute atomic E-state index is 11.9. The number of aromatic nitrogens is 3. The van der Waals surface area contributed by atoms with Gasteiger partial charge in [0.15, 0.2) is 17.9 Å². The second kappa shape index (κ2) is 6.71. The minimum atomic E-state index is -0.301. The molecule has 1 N–H and O–H groups in total. The van der Waals surface area contributed by atoms with Crippen LogP contribution in [0.2, 0.25) is 0 Å². The van der Waals surface area contributed by atoms with Crippen molar-refractivity contribution in [2.75, 3.05) is 12.4 Å². The van der Waals surface area contributed by atoms with Gasteiger partial charge >= 0.3 is 5.97 Å². The fourth-order valence-corrected chi connectivity index (χ4v) is 1.94. The van der Waals surface area contributed by atoms with Gasteiger partial charge in [0.1, 0.15) is 12.6 Å². The van der Waals surface area contributed by atoms with Crippen LogP contribution in [0.5, 0.6) is 0 Å². The van der Waals surface area contributed by atoms with Gasteiger partial charge in [-0.1, -0.05) is 4.68 Å². The lowest BCUT2D eigenvalue weighted by atomic mass is 10.3. The van der Waals surface area contributed by atoms with Crippen molar-refractivity contribution in [2.24, 2.45) is 0 Å². The molecule has 0 radical (unpaired) electrons. The van der Waals surface area contributed by atoms with Crippen LogP contribution in [0, 0.1) is 0 Å². The van der Waals surface area contributed by atoms with Crippen molar-refractivity contribution in [3.63, 3.8) is 0 Å². The molecule has 7 nitrogen and oxygen atoms in total. The summed E-state index contributed by atoms with van der Waals surface area (Å²) in [5.41, 5.74) is 0.425. The Bertz CT molecular complexity index is 583. The van der Waals surface area contributed by atoms with E-state index in [0.29, 0.717) is 17.2 Å². The summed E-state index contributed by atoms with van der Waals surface area (Å²) in [6.07, 6.45) is 4.93. The average molecular weight is 293 g/mol. The highest BCUT2D eigenvalue weighted by Crippen LogP contribution is 2.11. The first-order chi connectivity index (χ1) is 9.69. The highest BCUT2D eigenvalue weighted by Gasteiger charge is 2.12. The number of thiazole rings is 1. The van der Waals surface area contributed by atoms with E-state index in [1.165, 1.54) is 24.6 Å². The predicted molar refractivity (Wildman–Crippen MR) is 71.1 cm³/mol. The van der Waals surface area contributed by atoms with E-state index in [9.17, 15) is 9.59 Å². The first-order valence-electron chi connectivity index (χ1n) is 5.82. The molecule has 2 aromatic heterocycles. The van der Waals surface area contributed by atoms with Crippen molar-refractivity contribution >= 4 is 28.3 Å². The van der Waals surface area contributed by atoms with Crippen LogP contribution in [-0.2, 0) is 16.1 Å². The maximum atomic E-state index is 11.9. The molecule has 8 heteroatoms. The van der Waals surface area contributed by atoms with E-state index in [-0.39, 0.29) is 18.3 Å². The number of esters is 1. The summed E-state index contributed by atoms with van der Waals surface area (Å²) in [6, 6.07) is 1.63. The summed E-state index contributed by atoms with van der Waals surface area (Å²) >= 11 is 1.34. The number of carbonyl (C=O) groups is 2. The Morgan fingerprint density at radius 1 is 1.50 bits per heavy atom. The van der Waals surface area contributed by atoms with E-state index in [4.69, 9.17) is 0 Å². The summed E-state index contributed by atoms with van der Waals surface area (Å²) in [5.74, 6) is -0.572. The van der Waals surface area contributed by atoms with Crippen molar-refractivity contribution in [3.05, 3.63) is 35.6 Å². The fourth-order valence-electron chi connectivity index (χ4n) is 1.41. The zero-order chi connectivity index (χ0) is 14.4. The molecule has 2 rings (SSSR count). The van der Waals surface area contributed by atoms with E-state index in [1.807, 2.05) is 0 Å². The molecule has 0 saturated heterocycles. The number of aryl methyl sites for hydroxylation is 1. The molecule has 0 bridgehead atoms. The third-order valence-electron chi connectivity index (χ3n) is 2.46. The Morgan fingerprint density at radius 2 is 2.35 bits per heavy atom. The first-order valence-corrected chi connectivity index (χ1v) is 6.70. The molecular formula is C12H13N4O3S+. The summed E-state index contributed by atoms with van der Waals surface area (Å²) in [6.45, 7) is 0.404. The molecule has 0 fully saturated rings. The number of methoxy groups -OCH3 is 1.